The van der Waals surface area contributed by atoms with Gasteiger partial charge in [-0.25, -0.2) is 10.1 Å². The number of carboxylic acid groups (broad SMARTS) is 1. The van der Waals surface area contributed by atoms with E-state index in [-0.39, 0.29) is 6.01 Å². The second-order valence-electron chi connectivity index (χ2n) is 2.64. The predicted molar refractivity (Wildman–Crippen MR) is 50.1 cm³/mol. The number of oxazole rings is 1. The van der Waals surface area contributed by atoms with Crippen LogP contribution in [0.4, 0.5) is 16.5 Å². The molecule has 2 aromatic rings. The van der Waals surface area contributed by atoms with Crippen LogP contribution in [0.15, 0.2) is 22.6 Å². The van der Waals surface area contributed by atoms with Crippen molar-refractivity contribution in [1.82, 2.24) is 4.98 Å². The van der Waals surface area contributed by atoms with Gasteiger partial charge in [0.15, 0.2) is 5.58 Å². The largest absolute Gasteiger partial charge is 0.465 e. The molecule has 1 aromatic heterocycles. The summed E-state index contributed by atoms with van der Waals surface area (Å²) in [5.41, 5.74) is 6.92. The number of fused-ring (bicyclic) bond motifs is 1. The van der Waals surface area contributed by atoms with Crippen molar-refractivity contribution in [2.24, 2.45) is 0 Å². The second kappa shape index (κ2) is 2.91. The van der Waals surface area contributed by atoms with Gasteiger partial charge in [0, 0.05) is 0 Å². The number of nitrogens with zero attached hydrogens (tertiary/aromatic N) is 1. The van der Waals surface area contributed by atoms with Gasteiger partial charge in [-0.15, -0.1) is 0 Å². The normalized spacial score (nSPS) is 10.3. The molecule has 2 rings (SSSR count). The molecule has 0 fully saturated rings. The lowest BCUT2D eigenvalue weighted by atomic mass is 10.3. The third-order valence-electron chi connectivity index (χ3n) is 1.66. The molecule has 4 N–H and O–H groups in total. The molecule has 0 aliphatic carbocycles. The van der Waals surface area contributed by atoms with Crippen molar-refractivity contribution in [3.05, 3.63) is 18.2 Å². The number of nitrogen functional groups attached to an aromatic ring is 1. The molecule has 6 nitrogen and oxygen atoms in total. The number of aromatic nitrogens is 1. The van der Waals surface area contributed by atoms with Crippen LogP contribution >= 0.6 is 0 Å². The summed E-state index contributed by atoms with van der Waals surface area (Å²) >= 11 is 0. The average molecular weight is 193 g/mol. The molecule has 1 heterocycles. The van der Waals surface area contributed by atoms with E-state index in [9.17, 15) is 4.79 Å². The maximum atomic E-state index is 10.3. The first kappa shape index (κ1) is 8.36. The van der Waals surface area contributed by atoms with Crippen LogP contribution < -0.4 is 11.1 Å². The van der Waals surface area contributed by atoms with Gasteiger partial charge in [-0.05, 0) is 12.1 Å². The molecule has 1 aromatic carbocycles. The van der Waals surface area contributed by atoms with Crippen LogP contribution in [-0.4, -0.2) is 16.2 Å². The Morgan fingerprint density at radius 2 is 2.36 bits per heavy atom. The summed E-state index contributed by atoms with van der Waals surface area (Å²) in [7, 11) is 0. The SMILES string of the molecule is Nc1cccc2nc(NC(=O)O)oc12. The molecular weight excluding hydrogens is 186 g/mol. The lowest BCUT2D eigenvalue weighted by Gasteiger charge is -1.91. The van der Waals surface area contributed by atoms with E-state index in [2.05, 4.69) is 4.98 Å². The van der Waals surface area contributed by atoms with Crippen molar-refractivity contribution in [3.63, 3.8) is 0 Å². The summed E-state index contributed by atoms with van der Waals surface area (Å²) in [4.78, 5) is 14.2. The summed E-state index contributed by atoms with van der Waals surface area (Å²) in [5, 5.41) is 10.4. The Labute approximate surface area is 78.3 Å². The Bertz CT molecular complexity index is 492. The fourth-order valence-electron chi connectivity index (χ4n) is 1.12. The summed E-state index contributed by atoms with van der Waals surface area (Å²) in [6.07, 6.45) is -1.23. The van der Waals surface area contributed by atoms with Gasteiger partial charge in [-0.2, -0.15) is 4.98 Å². The summed E-state index contributed by atoms with van der Waals surface area (Å²) in [5.74, 6) is 0. The number of hydrogen-bond acceptors (Lipinski definition) is 4. The van der Waals surface area contributed by atoms with Gasteiger partial charge < -0.3 is 15.3 Å². The molecule has 0 aliphatic rings. The van der Waals surface area contributed by atoms with Crippen LogP contribution in [0.5, 0.6) is 0 Å². The first-order valence-electron chi connectivity index (χ1n) is 3.82. The number of benzene rings is 1. The number of amides is 1. The lowest BCUT2D eigenvalue weighted by Crippen LogP contribution is -2.06. The van der Waals surface area contributed by atoms with E-state index in [0.29, 0.717) is 16.8 Å². The highest BCUT2D eigenvalue weighted by atomic mass is 16.4. The minimum absolute atomic E-state index is 0.0783. The highest BCUT2D eigenvalue weighted by molar-refractivity contribution is 5.88. The Kier molecular flexibility index (Phi) is 1.74. The topological polar surface area (TPSA) is 101 Å². The molecule has 0 saturated carbocycles. The van der Waals surface area contributed by atoms with Gasteiger partial charge in [0.05, 0.1) is 5.69 Å². The van der Waals surface area contributed by atoms with Crippen LogP contribution in [0.3, 0.4) is 0 Å². The number of hydrogen-bond donors (Lipinski definition) is 3. The number of anilines is 2. The number of rotatable bonds is 1. The van der Waals surface area contributed by atoms with Crippen molar-refractivity contribution in [3.8, 4) is 0 Å². The quantitative estimate of drug-likeness (QED) is 0.595. The molecule has 0 bridgehead atoms. The molecule has 14 heavy (non-hydrogen) atoms. The minimum atomic E-state index is -1.23. The third-order valence-corrected chi connectivity index (χ3v) is 1.66. The monoisotopic (exact) mass is 193 g/mol. The Hall–Kier alpha value is -2.24. The van der Waals surface area contributed by atoms with E-state index in [1.807, 2.05) is 5.32 Å². The minimum Gasteiger partial charge on any atom is -0.465 e. The molecule has 0 radical (unpaired) electrons. The van der Waals surface area contributed by atoms with Crippen LogP contribution in [0.1, 0.15) is 0 Å². The van der Waals surface area contributed by atoms with E-state index in [0.717, 1.165) is 0 Å². The van der Waals surface area contributed by atoms with Gasteiger partial charge in [0.25, 0.3) is 0 Å². The zero-order chi connectivity index (χ0) is 10.1. The van der Waals surface area contributed by atoms with Crippen LogP contribution in [0, 0.1) is 0 Å². The fraction of sp³-hybridized carbons (Fsp3) is 0. The average Bonchev–Trinajstić information content (AvgIpc) is 2.47. The molecule has 0 spiro atoms. The first-order chi connectivity index (χ1) is 6.66. The smallest absolute Gasteiger partial charge is 0.412 e. The molecule has 0 aliphatic heterocycles. The van der Waals surface area contributed by atoms with Gasteiger partial charge in [-0.1, -0.05) is 6.07 Å². The fourth-order valence-corrected chi connectivity index (χ4v) is 1.12. The van der Waals surface area contributed by atoms with Gasteiger partial charge in [0.1, 0.15) is 5.52 Å². The molecule has 6 heteroatoms. The number of carbonyl (C=O) groups is 1. The molecule has 1 amide bonds. The summed E-state index contributed by atoms with van der Waals surface area (Å²) < 4.78 is 5.08. The third kappa shape index (κ3) is 1.33. The molecule has 0 unspecified atom stereocenters. The van der Waals surface area contributed by atoms with Crippen molar-refractivity contribution >= 4 is 28.9 Å². The van der Waals surface area contributed by atoms with E-state index in [4.69, 9.17) is 15.3 Å². The summed E-state index contributed by atoms with van der Waals surface area (Å²) in [6.45, 7) is 0. The Morgan fingerprint density at radius 1 is 1.57 bits per heavy atom. The Morgan fingerprint density at radius 3 is 3.00 bits per heavy atom. The van der Waals surface area contributed by atoms with E-state index >= 15 is 0 Å². The van der Waals surface area contributed by atoms with E-state index < -0.39 is 6.09 Å². The van der Waals surface area contributed by atoms with Crippen molar-refractivity contribution in [1.29, 1.82) is 0 Å². The van der Waals surface area contributed by atoms with Crippen LogP contribution in [0.25, 0.3) is 11.1 Å². The number of para-hydroxylation sites is 1. The van der Waals surface area contributed by atoms with Crippen molar-refractivity contribution in [2.45, 2.75) is 0 Å². The van der Waals surface area contributed by atoms with E-state index in [1.54, 1.807) is 18.2 Å². The standard InChI is InChI=1S/C8H7N3O3/c9-4-2-1-3-5-6(4)14-7(10-5)11-8(12)13/h1-3H,9H2,(H,10,11)(H,12,13). The number of nitrogens with two attached hydrogens (primary N) is 1. The molecule has 0 atom stereocenters. The van der Waals surface area contributed by atoms with Crippen molar-refractivity contribution < 1.29 is 14.3 Å². The van der Waals surface area contributed by atoms with Gasteiger partial charge in [0.2, 0.25) is 0 Å². The predicted octanol–water partition coefficient (Wildman–Crippen LogP) is 1.50. The molecule has 72 valence electrons. The summed E-state index contributed by atoms with van der Waals surface area (Å²) in [6, 6.07) is 4.97. The maximum absolute atomic E-state index is 10.3. The maximum Gasteiger partial charge on any atom is 0.412 e. The van der Waals surface area contributed by atoms with Gasteiger partial charge >= 0.3 is 12.1 Å². The van der Waals surface area contributed by atoms with Crippen LogP contribution in [0.2, 0.25) is 0 Å². The highest BCUT2D eigenvalue weighted by Crippen LogP contribution is 2.23. The van der Waals surface area contributed by atoms with Gasteiger partial charge in [-0.3, -0.25) is 0 Å². The first-order valence-corrected chi connectivity index (χ1v) is 3.82. The zero-order valence-electron chi connectivity index (χ0n) is 7.02. The molecular formula is C8H7N3O3. The second-order valence-corrected chi connectivity index (χ2v) is 2.64. The number of nitrogens with one attached hydrogen (secondary N) is 1. The van der Waals surface area contributed by atoms with Crippen LogP contribution in [-0.2, 0) is 0 Å². The molecule has 0 saturated heterocycles. The lowest BCUT2D eigenvalue weighted by molar-refractivity contribution is 0.209. The highest BCUT2D eigenvalue weighted by Gasteiger charge is 2.09. The Balaban J connectivity index is 2.51. The van der Waals surface area contributed by atoms with E-state index in [1.165, 1.54) is 0 Å². The van der Waals surface area contributed by atoms with Crippen molar-refractivity contribution in [2.75, 3.05) is 11.1 Å². The zero-order valence-corrected chi connectivity index (χ0v) is 7.02.